The lowest BCUT2D eigenvalue weighted by atomic mass is 10.0. The van der Waals surface area contributed by atoms with Gasteiger partial charge in [0.1, 0.15) is 5.75 Å². The number of phenolic OH excluding ortho intramolecular Hbond substituents is 1. The van der Waals surface area contributed by atoms with Gasteiger partial charge >= 0.3 is 6.03 Å². The number of benzene rings is 1. The number of aliphatic hydroxyl groups is 1. The summed E-state index contributed by atoms with van der Waals surface area (Å²) < 4.78 is 0. The van der Waals surface area contributed by atoms with Crippen LogP contribution in [0.2, 0.25) is 0 Å². The summed E-state index contributed by atoms with van der Waals surface area (Å²) in [5.74, 6) is 0.633. The largest absolute Gasteiger partial charge is 0.508 e. The second kappa shape index (κ2) is 8.03. The van der Waals surface area contributed by atoms with Gasteiger partial charge in [-0.3, -0.25) is 0 Å². The maximum absolute atomic E-state index is 12.1. The van der Waals surface area contributed by atoms with Crippen molar-refractivity contribution in [2.45, 2.75) is 45.1 Å². The molecule has 0 saturated heterocycles. The van der Waals surface area contributed by atoms with Crippen LogP contribution >= 0.6 is 0 Å². The van der Waals surface area contributed by atoms with Crippen molar-refractivity contribution in [2.75, 3.05) is 13.2 Å². The Balaban J connectivity index is 1.85. The summed E-state index contributed by atoms with van der Waals surface area (Å²) in [7, 11) is 0. The Bertz CT molecular complexity index is 499. The van der Waals surface area contributed by atoms with Crippen LogP contribution in [0.3, 0.4) is 0 Å². The first-order chi connectivity index (χ1) is 10.7. The minimum atomic E-state index is -0.180. The summed E-state index contributed by atoms with van der Waals surface area (Å²) in [5.41, 5.74) is 1.95. The van der Waals surface area contributed by atoms with Crippen molar-refractivity contribution < 1.29 is 15.0 Å². The number of hydrogen-bond acceptors (Lipinski definition) is 3. The van der Waals surface area contributed by atoms with Crippen LogP contribution in [0.1, 0.15) is 49.8 Å². The Kier molecular flexibility index (Phi) is 6.07. The van der Waals surface area contributed by atoms with E-state index < -0.39 is 0 Å². The zero-order chi connectivity index (χ0) is 15.9. The molecule has 5 heteroatoms. The van der Waals surface area contributed by atoms with E-state index in [1.807, 2.05) is 12.1 Å². The molecular weight excluding hydrogens is 280 g/mol. The van der Waals surface area contributed by atoms with Crippen molar-refractivity contribution in [1.29, 1.82) is 0 Å². The standard InChI is InChI=1S/C17H26N2O3/c1-2-4-12(9-10-20)11-18-17(22)19-15-8-7-14-13(15)5-3-6-16(14)21/h3,5-6,12,15,20-21H,2,4,7-11H2,1H3,(H2,18,19,22). The maximum atomic E-state index is 12.1. The van der Waals surface area contributed by atoms with Crippen molar-refractivity contribution in [1.82, 2.24) is 10.6 Å². The highest BCUT2D eigenvalue weighted by molar-refractivity contribution is 5.74. The van der Waals surface area contributed by atoms with Crippen LogP contribution in [0.4, 0.5) is 4.79 Å². The number of fused-ring (bicyclic) bond motifs is 1. The molecule has 0 aliphatic heterocycles. The van der Waals surface area contributed by atoms with E-state index in [9.17, 15) is 9.90 Å². The van der Waals surface area contributed by atoms with Gasteiger partial charge in [-0.15, -0.1) is 0 Å². The molecule has 2 amide bonds. The van der Waals surface area contributed by atoms with Crippen LogP contribution in [0.25, 0.3) is 0 Å². The van der Waals surface area contributed by atoms with Crippen molar-refractivity contribution in [3.63, 3.8) is 0 Å². The predicted molar refractivity (Wildman–Crippen MR) is 85.8 cm³/mol. The summed E-state index contributed by atoms with van der Waals surface area (Å²) in [6, 6.07) is 5.24. The zero-order valence-corrected chi connectivity index (χ0v) is 13.1. The number of aliphatic hydroxyl groups excluding tert-OH is 1. The average Bonchev–Trinajstić information content (AvgIpc) is 2.90. The Morgan fingerprint density at radius 1 is 1.41 bits per heavy atom. The van der Waals surface area contributed by atoms with Crippen molar-refractivity contribution in [3.8, 4) is 5.75 Å². The van der Waals surface area contributed by atoms with Gasteiger partial charge in [0.2, 0.25) is 0 Å². The first-order valence-electron chi connectivity index (χ1n) is 8.11. The summed E-state index contributed by atoms with van der Waals surface area (Å²) >= 11 is 0. The average molecular weight is 306 g/mol. The fourth-order valence-corrected chi connectivity index (χ4v) is 3.17. The molecule has 0 aromatic heterocycles. The lowest BCUT2D eigenvalue weighted by Crippen LogP contribution is -2.39. The van der Waals surface area contributed by atoms with E-state index >= 15 is 0 Å². The Morgan fingerprint density at radius 3 is 2.95 bits per heavy atom. The lowest BCUT2D eigenvalue weighted by molar-refractivity contribution is 0.226. The van der Waals surface area contributed by atoms with Gasteiger partial charge in [0.25, 0.3) is 0 Å². The molecule has 5 nitrogen and oxygen atoms in total. The maximum Gasteiger partial charge on any atom is 0.315 e. The zero-order valence-electron chi connectivity index (χ0n) is 13.1. The molecule has 2 rings (SSSR count). The van der Waals surface area contributed by atoms with E-state index in [1.165, 1.54) is 0 Å². The highest BCUT2D eigenvalue weighted by Gasteiger charge is 2.25. The smallest absolute Gasteiger partial charge is 0.315 e. The van der Waals surface area contributed by atoms with E-state index in [0.717, 1.165) is 36.8 Å². The first-order valence-corrected chi connectivity index (χ1v) is 8.11. The molecule has 1 aliphatic rings. The number of aromatic hydroxyl groups is 1. The number of carbonyl (C=O) groups is 1. The van der Waals surface area contributed by atoms with Crippen LogP contribution in [-0.4, -0.2) is 29.4 Å². The molecule has 2 atom stereocenters. The molecule has 22 heavy (non-hydrogen) atoms. The third-order valence-corrected chi connectivity index (χ3v) is 4.34. The van der Waals surface area contributed by atoms with Crippen LogP contribution in [0.15, 0.2) is 18.2 Å². The molecule has 0 spiro atoms. The third kappa shape index (κ3) is 4.13. The summed E-state index contributed by atoms with van der Waals surface area (Å²) in [4.78, 5) is 12.1. The molecule has 0 heterocycles. The fourth-order valence-electron chi connectivity index (χ4n) is 3.17. The van der Waals surface area contributed by atoms with Gasteiger partial charge in [0.15, 0.2) is 0 Å². The van der Waals surface area contributed by atoms with Crippen LogP contribution in [-0.2, 0) is 6.42 Å². The number of carbonyl (C=O) groups excluding carboxylic acids is 1. The number of urea groups is 1. The third-order valence-electron chi connectivity index (χ3n) is 4.34. The van der Waals surface area contributed by atoms with Crippen molar-refractivity contribution in [2.24, 2.45) is 5.92 Å². The highest BCUT2D eigenvalue weighted by Crippen LogP contribution is 2.36. The molecule has 0 bridgehead atoms. The van der Waals surface area contributed by atoms with Gasteiger partial charge < -0.3 is 20.8 Å². The normalized spacial score (nSPS) is 17.8. The number of amides is 2. The lowest BCUT2D eigenvalue weighted by Gasteiger charge is -2.18. The number of nitrogens with one attached hydrogen (secondary N) is 2. The van der Waals surface area contributed by atoms with E-state index in [0.29, 0.717) is 24.6 Å². The minimum Gasteiger partial charge on any atom is -0.508 e. The Labute approximate surface area is 131 Å². The molecule has 4 N–H and O–H groups in total. The molecule has 0 radical (unpaired) electrons. The molecular formula is C17H26N2O3. The van der Waals surface area contributed by atoms with Crippen LogP contribution in [0, 0.1) is 5.92 Å². The summed E-state index contributed by atoms with van der Waals surface area (Å²) in [6.45, 7) is 2.84. The SMILES string of the molecule is CCCC(CCO)CNC(=O)NC1CCc2c(O)cccc21. The number of rotatable bonds is 7. The minimum absolute atomic E-state index is 0.0374. The monoisotopic (exact) mass is 306 g/mol. The Hall–Kier alpha value is -1.75. The molecule has 0 fully saturated rings. The van der Waals surface area contributed by atoms with Crippen molar-refractivity contribution in [3.05, 3.63) is 29.3 Å². The first kappa shape index (κ1) is 16.6. The van der Waals surface area contributed by atoms with Crippen LogP contribution in [0.5, 0.6) is 5.75 Å². The van der Waals surface area contributed by atoms with Gasteiger partial charge in [-0.2, -0.15) is 0 Å². The van der Waals surface area contributed by atoms with Gasteiger partial charge in [-0.1, -0.05) is 25.5 Å². The fraction of sp³-hybridized carbons (Fsp3) is 0.588. The molecule has 2 unspecified atom stereocenters. The topological polar surface area (TPSA) is 81.6 Å². The van der Waals surface area contributed by atoms with Gasteiger partial charge in [0, 0.05) is 13.2 Å². The van der Waals surface area contributed by atoms with E-state index in [1.54, 1.807) is 6.07 Å². The summed E-state index contributed by atoms with van der Waals surface area (Å²) in [6.07, 6.45) is 4.36. The van der Waals surface area contributed by atoms with Gasteiger partial charge in [0.05, 0.1) is 6.04 Å². The molecule has 122 valence electrons. The second-order valence-electron chi connectivity index (χ2n) is 5.96. The number of phenols is 1. The Morgan fingerprint density at radius 2 is 2.23 bits per heavy atom. The molecule has 1 aliphatic carbocycles. The van der Waals surface area contributed by atoms with E-state index in [4.69, 9.17) is 5.11 Å². The predicted octanol–water partition coefficient (Wildman–Crippen LogP) is 2.48. The summed E-state index contributed by atoms with van der Waals surface area (Å²) in [5, 5.41) is 24.7. The molecule has 0 saturated carbocycles. The quantitative estimate of drug-likeness (QED) is 0.624. The molecule has 1 aromatic rings. The van der Waals surface area contributed by atoms with E-state index in [2.05, 4.69) is 17.6 Å². The number of hydrogen-bond donors (Lipinski definition) is 4. The van der Waals surface area contributed by atoms with E-state index in [-0.39, 0.29) is 18.7 Å². The highest BCUT2D eigenvalue weighted by atomic mass is 16.3. The van der Waals surface area contributed by atoms with Gasteiger partial charge in [-0.05, 0) is 48.8 Å². The van der Waals surface area contributed by atoms with Crippen LogP contribution < -0.4 is 10.6 Å². The van der Waals surface area contributed by atoms with Gasteiger partial charge in [-0.25, -0.2) is 4.79 Å². The second-order valence-corrected chi connectivity index (χ2v) is 5.96. The molecule has 1 aromatic carbocycles. The van der Waals surface area contributed by atoms with Crippen molar-refractivity contribution >= 4 is 6.03 Å².